The molecule has 18 heavy (non-hydrogen) atoms. The first-order valence-electron chi connectivity index (χ1n) is 5.52. The predicted octanol–water partition coefficient (Wildman–Crippen LogP) is 3.39. The van der Waals surface area contributed by atoms with E-state index in [1.54, 1.807) is 25.6 Å². The van der Waals surface area contributed by atoms with E-state index in [2.05, 4.69) is 17.6 Å². The van der Waals surface area contributed by atoms with Gasteiger partial charge in [0.15, 0.2) is 0 Å². The minimum atomic E-state index is 0.515. The van der Waals surface area contributed by atoms with E-state index in [9.17, 15) is 0 Å². The third-order valence-electron chi connectivity index (χ3n) is 2.54. The number of hydrogen-bond acceptors (Lipinski definition) is 5. The molecule has 0 aliphatic heterocycles. The van der Waals surface area contributed by atoms with E-state index < -0.39 is 0 Å². The first kappa shape index (κ1) is 13.4. The maximum atomic E-state index is 5.36. The Morgan fingerprint density at radius 3 is 2.72 bits per heavy atom. The van der Waals surface area contributed by atoms with Crippen LogP contribution in [-0.4, -0.2) is 19.2 Å². The van der Waals surface area contributed by atoms with Crippen molar-refractivity contribution in [2.75, 3.05) is 14.2 Å². The summed E-state index contributed by atoms with van der Waals surface area (Å²) < 4.78 is 10.5. The molecular formula is C13H15NO2S2. The summed E-state index contributed by atoms with van der Waals surface area (Å²) in [6.45, 7) is 0.515. The van der Waals surface area contributed by atoms with E-state index >= 15 is 0 Å². The van der Waals surface area contributed by atoms with Crippen molar-refractivity contribution in [3.63, 3.8) is 0 Å². The molecule has 1 heterocycles. The molecule has 5 heteroatoms. The van der Waals surface area contributed by atoms with Gasteiger partial charge in [-0.25, -0.2) is 4.98 Å². The quantitative estimate of drug-likeness (QED) is 0.852. The zero-order valence-corrected chi connectivity index (χ0v) is 12.1. The lowest BCUT2D eigenvalue weighted by molar-refractivity contribution is 0.181. The van der Waals surface area contributed by atoms with Crippen molar-refractivity contribution in [1.29, 1.82) is 0 Å². The third kappa shape index (κ3) is 2.68. The standard InChI is InChI=1S/C13H15NO2S2/c1-15-7-10-12(8-17)18-13(14-10)9-5-3-4-6-11(9)16-2/h3-6,17H,7-8H2,1-2H3. The van der Waals surface area contributed by atoms with Gasteiger partial charge in [0.2, 0.25) is 0 Å². The van der Waals surface area contributed by atoms with Crippen LogP contribution in [0.15, 0.2) is 24.3 Å². The Hall–Kier alpha value is -1.04. The molecule has 0 radical (unpaired) electrons. The molecule has 0 amide bonds. The molecule has 96 valence electrons. The molecule has 1 aromatic heterocycles. The largest absolute Gasteiger partial charge is 0.496 e. The summed E-state index contributed by atoms with van der Waals surface area (Å²) in [5.74, 6) is 1.51. The van der Waals surface area contributed by atoms with E-state index in [1.165, 1.54) is 0 Å². The third-order valence-corrected chi connectivity index (χ3v) is 4.20. The number of thiazole rings is 1. The highest BCUT2D eigenvalue weighted by Gasteiger charge is 2.14. The number of benzene rings is 1. The van der Waals surface area contributed by atoms with Crippen molar-refractivity contribution in [2.24, 2.45) is 0 Å². The van der Waals surface area contributed by atoms with Gasteiger partial charge in [0.25, 0.3) is 0 Å². The summed E-state index contributed by atoms with van der Waals surface area (Å²) in [5, 5.41) is 0.948. The van der Waals surface area contributed by atoms with Gasteiger partial charge in [-0.2, -0.15) is 12.6 Å². The topological polar surface area (TPSA) is 31.4 Å². The molecular weight excluding hydrogens is 266 g/mol. The summed E-state index contributed by atoms with van der Waals surface area (Å²) in [6, 6.07) is 7.88. The molecule has 1 aromatic carbocycles. The van der Waals surface area contributed by atoms with Crippen molar-refractivity contribution >= 4 is 24.0 Å². The van der Waals surface area contributed by atoms with Gasteiger partial charge >= 0.3 is 0 Å². The van der Waals surface area contributed by atoms with E-state index in [4.69, 9.17) is 9.47 Å². The fourth-order valence-corrected chi connectivity index (χ4v) is 3.02. The van der Waals surface area contributed by atoms with Crippen molar-refractivity contribution in [3.05, 3.63) is 34.8 Å². The van der Waals surface area contributed by atoms with Gasteiger partial charge in [0.1, 0.15) is 10.8 Å². The Balaban J connectivity index is 2.44. The molecule has 0 aliphatic carbocycles. The van der Waals surface area contributed by atoms with Gasteiger partial charge in [-0.15, -0.1) is 11.3 Å². The molecule has 0 spiro atoms. The lowest BCUT2D eigenvalue weighted by Crippen LogP contribution is -1.92. The van der Waals surface area contributed by atoms with Crippen LogP contribution in [0.5, 0.6) is 5.75 Å². The number of nitrogens with zero attached hydrogens (tertiary/aromatic N) is 1. The smallest absolute Gasteiger partial charge is 0.129 e. The second-order valence-electron chi connectivity index (χ2n) is 3.68. The van der Waals surface area contributed by atoms with Crippen LogP contribution in [0.4, 0.5) is 0 Å². The number of thiol groups is 1. The maximum Gasteiger partial charge on any atom is 0.129 e. The molecule has 0 bridgehead atoms. The second kappa shape index (κ2) is 6.22. The first-order valence-corrected chi connectivity index (χ1v) is 6.96. The molecule has 0 N–H and O–H groups in total. The minimum absolute atomic E-state index is 0.515. The minimum Gasteiger partial charge on any atom is -0.496 e. The van der Waals surface area contributed by atoms with Crippen molar-refractivity contribution in [3.8, 4) is 16.3 Å². The molecule has 2 aromatic rings. The van der Waals surface area contributed by atoms with Gasteiger partial charge in [0.05, 0.1) is 25.0 Å². The highest BCUT2D eigenvalue weighted by molar-refractivity contribution is 7.79. The highest BCUT2D eigenvalue weighted by atomic mass is 32.1. The fraction of sp³-hybridized carbons (Fsp3) is 0.308. The molecule has 0 unspecified atom stereocenters. The van der Waals surface area contributed by atoms with E-state index in [0.717, 1.165) is 26.9 Å². The number of rotatable bonds is 5. The summed E-state index contributed by atoms with van der Waals surface area (Å²) in [5.41, 5.74) is 1.97. The van der Waals surface area contributed by atoms with Crippen molar-refractivity contribution in [1.82, 2.24) is 4.98 Å². The molecule has 0 fully saturated rings. The van der Waals surface area contributed by atoms with Crippen molar-refractivity contribution < 1.29 is 9.47 Å². The monoisotopic (exact) mass is 281 g/mol. The molecule has 3 nitrogen and oxygen atoms in total. The van der Waals surface area contributed by atoms with Gasteiger partial charge in [-0.05, 0) is 12.1 Å². The van der Waals surface area contributed by atoms with Crippen molar-refractivity contribution in [2.45, 2.75) is 12.4 Å². The number of hydrogen-bond donors (Lipinski definition) is 1. The van der Waals surface area contributed by atoms with Crippen LogP contribution in [-0.2, 0) is 17.1 Å². The fourth-order valence-electron chi connectivity index (χ4n) is 1.69. The zero-order valence-electron chi connectivity index (χ0n) is 10.3. The average molecular weight is 281 g/mol. The molecule has 0 saturated carbocycles. The number of ether oxygens (including phenoxy) is 2. The van der Waals surface area contributed by atoms with Crippen LogP contribution in [0.3, 0.4) is 0 Å². The van der Waals surface area contributed by atoms with Crippen LogP contribution < -0.4 is 4.74 Å². The van der Waals surface area contributed by atoms with Crippen LogP contribution in [0.2, 0.25) is 0 Å². The van der Waals surface area contributed by atoms with E-state index in [0.29, 0.717) is 12.4 Å². The molecule has 0 aliphatic rings. The van der Waals surface area contributed by atoms with E-state index in [1.807, 2.05) is 24.3 Å². The Kier molecular flexibility index (Phi) is 4.63. The average Bonchev–Trinajstić information content (AvgIpc) is 2.82. The van der Waals surface area contributed by atoms with Crippen LogP contribution >= 0.6 is 24.0 Å². The van der Waals surface area contributed by atoms with Gasteiger partial charge in [0, 0.05) is 17.7 Å². The van der Waals surface area contributed by atoms with Crippen LogP contribution in [0, 0.1) is 0 Å². The molecule has 0 saturated heterocycles. The Morgan fingerprint density at radius 2 is 2.06 bits per heavy atom. The number of aromatic nitrogens is 1. The lowest BCUT2D eigenvalue weighted by Gasteiger charge is -2.04. The van der Waals surface area contributed by atoms with Gasteiger partial charge in [-0.3, -0.25) is 0 Å². The van der Waals surface area contributed by atoms with Crippen LogP contribution in [0.25, 0.3) is 10.6 Å². The lowest BCUT2D eigenvalue weighted by atomic mass is 10.2. The Morgan fingerprint density at radius 1 is 1.28 bits per heavy atom. The van der Waals surface area contributed by atoms with Gasteiger partial charge in [-0.1, -0.05) is 12.1 Å². The van der Waals surface area contributed by atoms with E-state index in [-0.39, 0.29) is 0 Å². The number of methoxy groups -OCH3 is 2. The zero-order chi connectivity index (χ0) is 13.0. The summed E-state index contributed by atoms with van der Waals surface area (Å²) in [6.07, 6.45) is 0. The Labute approximate surface area is 116 Å². The Bertz CT molecular complexity index is 525. The summed E-state index contributed by atoms with van der Waals surface area (Å²) >= 11 is 5.97. The molecule has 2 rings (SSSR count). The predicted molar refractivity (Wildman–Crippen MR) is 77.5 cm³/mol. The van der Waals surface area contributed by atoms with Gasteiger partial charge < -0.3 is 9.47 Å². The summed E-state index contributed by atoms with van der Waals surface area (Å²) in [7, 11) is 3.34. The SMILES string of the molecule is COCc1nc(-c2ccccc2OC)sc1CS. The number of para-hydroxylation sites is 1. The summed E-state index contributed by atoms with van der Waals surface area (Å²) in [4.78, 5) is 5.75. The maximum absolute atomic E-state index is 5.36. The normalized spacial score (nSPS) is 10.6. The van der Waals surface area contributed by atoms with Crippen LogP contribution in [0.1, 0.15) is 10.6 Å². The second-order valence-corrected chi connectivity index (χ2v) is 5.08. The highest BCUT2D eigenvalue weighted by Crippen LogP contribution is 2.35. The molecule has 0 atom stereocenters. The first-order chi connectivity index (χ1) is 8.80.